The molecule has 0 unspecified atom stereocenters. The zero-order valence-electron chi connectivity index (χ0n) is 27.1. The molecule has 0 aromatic heterocycles. The number of carbonyl (C=O) groups excluding carboxylic acids is 1. The van der Waals surface area contributed by atoms with Crippen LogP contribution in [0.5, 0.6) is 0 Å². The molecule has 0 bridgehead atoms. The van der Waals surface area contributed by atoms with Crippen LogP contribution in [0.25, 0.3) is 0 Å². The van der Waals surface area contributed by atoms with E-state index in [1.54, 1.807) is 0 Å². The SMILES string of the molecule is C.C.C.CC#C[C@]1(O)CC[C@H]2[C@@H]3CCC4=CC(=O)CCC4=C3[C@@H](c3ccc(P(=O)(c4ccccc4)c4ccccc4)cc3)C[C@@]21C.S.S.S.S. The molecule has 0 heterocycles. The third-order valence-electron chi connectivity index (χ3n) is 11.1. The van der Waals surface area contributed by atoms with E-state index in [-0.39, 0.29) is 93.4 Å². The summed E-state index contributed by atoms with van der Waals surface area (Å²) in [5.41, 5.74) is 3.97. The average Bonchev–Trinajstić information content (AvgIpc) is 3.30. The molecule has 7 rings (SSSR count). The molecule has 0 saturated heterocycles. The summed E-state index contributed by atoms with van der Waals surface area (Å²) in [5, 5.41) is 14.5. The highest BCUT2D eigenvalue weighted by Gasteiger charge is 2.62. The second-order valence-electron chi connectivity index (χ2n) is 13.1. The summed E-state index contributed by atoms with van der Waals surface area (Å²) < 4.78 is 15.0. The predicted molar refractivity (Wildman–Crippen MR) is 236 cm³/mol. The molecule has 2 fully saturated rings. The molecule has 3 aromatic rings. The van der Waals surface area contributed by atoms with Crippen LogP contribution in [0, 0.1) is 29.1 Å². The monoisotopic (exact) mass is 770 g/mol. The van der Waals surface area contributed by atoms with Crippen LogP contribution < -0.4 is 15.9 Å². The van der Waals surface area contributed by atoms with Crippen LogP contribution in [0.2, 0.25) is 0 Å². The minimum absolute atomic E-state index is 0. The fraction of sp³-hybridized carbons (Fsp3) is 0.405. The third-order valence-corrected chi connectivity index (χ3v) is 14.2. The topological polar surface area (TPSA) is 54.4 Å². The molecule has 1 N–H and O–H groups in total. The Morgan fingerprint density at radius 1 is 0.760 bits per heavy atom. The molecule has 4 aliphatic rings. The van der Waals surface area contributed by atoms with Crippen molar-refractivity contribution in [1.29, 1.82) is 0 Å². The van der Waals surface area contributed by atoms with Gasteiger partial charge in [-0.25, -0.2) is 0 Å². The van der Waals surface area contributed by atoms with Gasteiger partial charge >= 0.3 is 0 Å². The Labute approximate surface area is 330 Å². The van der Waals surface area contributed by atoms with Crippen molar-refractivity contribution in [2.75, 3.05) is 0 Å². The van der Waals surface area contributed by atoms with E-state index in [9.17, 15) is 9.90 Å². The van der Waals surface area contributed by atoms with Gasteiger partial charge in [-0.2, -0.15) is 54.0 Å². The largest absolute Gasteiger partial charge is 0.377 e. The number of carbonyl (C=O) groups is 1. The lowest BCUT2D eigenvalue weighted by Crippen LogP contribution is -2.51. The first-order valence-corrected chi connectivity index (χ1v) is 17.4. The van der Waals surface area contributed by atoms with Crippen LogP contribution in [0.4, 0.5) is 0 Å². The fourth-order valence-corrected chi connectivity index (χ4v) is 11.7. The van der Waals surface area contributed by atoms with Gasteiger partial charge < -0.3 is 9.67 Å². The van der Waals surface area contributed by atoms with E-state index in [1.165, 1.54) is 22.3 Å². The van der Waals surface area contributed by atoms with Gasteiger partial charge in [0.05, 0.1) is 0 Å². The zero-order chi connectivity index (χ0) is 29.8. The van der Waals surface area contributed by atoms with Crippen LogP contribution in [-0.2, 0) is 9.36 Å². The lowest BCUT2D eigenvalue weighted by molar-refractivity contribution is -0.114. The molecule has 2 saturated carbocycles. The molecule has 4 aliphatic carbocycles. The Bertz CT molecular complexity index is 1720. The summed E-state index contributed by atoms with van der Waals surface area (Å²) in [5.74, 6) is 7.40. The molecule has 3 aromatic carbocycles. The molecule has 8 heteroatoms. The van der Waals surface area contributed by atoms with Crippen molar-refractivity contribution in [3.05, 3.63) is 113 Å². The second-order valence-corrected chi connectivity index (χ2v) is 15.9. The van der Waals surface area contributed by atoms with Crippen LogP contribution in [0.15, 0.2) is 108 Å². The van der Waals surface area contributed by atoms with E-state index in [0.29, 0.717) is 24.7 Å². The molecular formula is C42H59O3PS4. The maximum Gasteiger partial charge on any atom is 0.171 e. The molecule has 50 heavy (non-hydrogen) atoms. The molecular weight excluding hydrogens is 712 g/mol. The Hall–Kier alpha value is -2.04. The second kappa shape index (κ2) is 18.6. The number of allylic oxidation sites excluding steroid dienone is 4. The van der Waals surface area contributed by atoms with E-state index in [4.69, 9.17) is 0 Å². The van der Waals surface area contributed by atoms with Gasteiger partial charge in [0.25, 0.3) is 0 Å². The predicted octanol–water partition coefficient (Wildman–Crippen LogP) is 9.34. The summed E-state index contributed by atoms with van der Waals surface area (Å²) in [7, 11) is -3.07. The standard InChI is InChI=1S/C39H39O3P.3CH4.4H2S/c1-3-23-39(41)24-22-36-34-20-16-28-25-29(40)17-21-33(28)37(34)35(26-38(36,39)2)27-14-18-32(19-15-27)43(42,30-10-6-4-7-11-30)31-12-8-5-9-13-31;;;;;;;/h4-15,18-19,25,34-36,41H,16-17,20-22,24,26H2,1-2H3;3*1H4;4*1H2/t34-,35+,36-,38-,39-;;;;;;;/m0......./s1. The van der Waals surface area contributed by atoms with E-state index < -0.39 is 12.7 Å². The molecule has 3 nitrogen and oxygen atoms in total. The van der Waals surface area contributed by atoms with Crippen molar-refractivity contribution in [2.45, 2.75) is 92.6 Å². The number of ketones is 1. The maximum absolute atomic E-state index is 15.0. The third kappa shape index (κ3) is 7.68. The van der Waals surface area contributed by atoms with Gasteiger partial charge in [-0.15, -0.1) is 5.92 Å². The summed E-state index contributed by atoms with van der Waals surface area (Å²) >= 11 is 0. The molecule has 0 spiro atoms. The summed E-state index contributed by atoms with van der Waals surface area (Å²) in [4.78, 5) is 12.4. The van der Waals surface area contributed by atoms with Gasteiger partial charge in [-0.1, -0.05) is 126 Å². The quantitative estimate of drug-likeness (QED) is 0.213. The maximum atomic E-state index is 15.0. The highest BCUT2D eigenvalue weighted by molar-refractivity contribution is 7.85. The van der Waals surface area contributed by atoms with Gasteiger partial charge in [0.1, 0.15) is 5.60 Å². The first-order valence-electron chi connectivity index (χ1n) is 15.7. The van der Waals surface area contributed by atoms with Crippen molar-refractivity contribution in [2.24, 2.45) is 17.3 Å². The van der Waals surface area contributed by atoms with Crippen molar-refractivity contribution in [3.63, 3.8) is 0 Å². The number of rotatable bonds is 4. The van der Waals surface area contributed by atoms with E-state index >= 15 is 4.57 Å². The molecule has 0 amide bonds. The normalized spacial score (nSPS) is 25.8. The molecule has 274 valence electrons. The molecule has 0 aliphatic heterocycles. The van der Waals surface area contributed by atoms with E-state index in [2.05, 4.69) is 43.0 Å². The van der Waals surface area contributed by atoms with Crippen LogP contribution in [0.1, 0.15) is 92.6 Å². The lowest BCUT2D eigenvalue weighted by atomic mass is 9.51. The van der Waals surface area contributed by atoms with Gasteiger partial charge in [0.15, 0.2) is 12.9 Å². The Balaban J connectivity index is 0.00000343. The van der Waals surface area contributed by atoms with Crippen LogP contribution >= 0.6 is 61.1 Å². The molecule has 5 atom stereocenters. The number of benzene rings is 3. The van der Waals surface area contributed by atoms with Gasteiger partial charge in [0, 0.05) is 33.7 Å². The first kappa shape index (κ1) is 48.0. The summed E-state index contributed by atoms with van der Waals surface area (Å²) in [6.45, 7) is 4.10. The first-order chi connectivity index (χ1) is 20.8. The minimum atomic E-state index is -3.07. The molecule has 0 radical (unpaired) electrons. The van der Waals surface area contributed by atoms with Gasteiger partial charge in [-0.05, 0) is 80.1 Å². The summed E-state index contributed by atoms with van der Waals surface area (Å²) in [6.07, 6.45) is 7.73. The van der Waals surface area contributed by atoms with Crippen molar-refractivity contribution < 1.29 is 14.5 Å². The lowest BCUT2D eigenvalue weighted by Gasteiger charge is -2.53. The minimum Gasteiger partial charge on any atom is -0.377 e. The van der Waals surface area contributed by atoms with Crippen molar-refractivity contribution in [3.8, 4) is 11.8 Å². The number of hydrogen-bond donors (Lipinski definition) is 1. The van der Waals surface area contributed by atoms with Crippen molar-refractivity contribution >= 4 is 82.8 Å². The zero-order valence-corrected chi connectivity index (χ0v) is 31.9. The van der Waals surface area contributed by atoms with Gasteiger partial charge in [0.2, 0.25) is 0 Å². The van der Waals surface area contributed by atoms with Crippen LogP contribution in [-0.4, -0.2) is 16.5 Å². The highest BCUT2D eigenvalue weighted by atomic mass is 32.1. The Kier molecular flexibility index (Phi) is 17.9. The number of aliphatic hydroxyl groups is 1. The van der Waals surface area contributed by atoms with E-state index in [1.807, 2.05) is 73.7 Å². The van der Waals surface area contributed by atoms with E-state index in [0.717, 1.165) is 48.0 Å². The smallest absolute Gasteiger partial charge is 0.171 e. The fourth-order valence-electron chi connectivity index (χ4n) is 9.02. The summed E-state index contributed by atoms with van der Waals surface area (Å²) in [6, 6.07) is 28.1. The van der Waals surface area contributed by atoms with Crippen molar-refractivity contribution in [1.82, 2.24) is 0 Å². The highest BCUT2D eigenvalue weighted by Crippen LogP contribution is 2.66. The van der Waals surface area contributed by atoms with Gasteiger partial charge in [-0.3, -0.25) is 4.79 Å². The Morgan fingerprint density at radius 3 is 1.84 bits per heavy atom. The average molecular weight is 771 g/mol. The number of fused-ring (bicyclic) bond motifs is 4. The Morgan fingerprint density at radius 2 is 1.30 bits per heavy atom. The number of hydrogen-bond acceptors (Lipinski definition) is 3. The van der Waals surface area contributed by atoms with Crippen LogP contribution in [0.3, 0.4) is 0 Å².